The van der Waals surface area contributed by atoms with Crippen LogP contribution in [0, 0.1) is 5.92 Å². The molecule has 1 saturated heterocycles. The Morgan fingerprint density at radius 1 is 1.00 bits per heavy atom. The average molecular weight is 477 g/mol. The molecular formula is C27H28N2O4S. The summed E-state index contributed by atoms with van der Waals surface area (Å²) in [5.74, 6) is 1.73. The molecule has 7 heteroatoms. The lowest BCUT2D eigenvalue weighted by Gasteiger charge is -2.31. The molecule has 2 aromatic carbocycles. The van der Waals surface area contributed by atoms with Crippen molar-refractivity contribution in [2.24, 2.45) is 5.92 Å². The summed E-state index contributed by atoms with van der Waals surface area (Å²) in [6.45, 7) is 6.46. The lowest BCUT2D eigenvalue weighted by atomic mass is 9.88. The molecular weight excluding hydrogens is 448 g/mol. The van der Waals surface area contributed by atoms with E-state index in [0.717, 1.165) is 10.6 Å². The van der Waals surface area contributed by atoms with E-state index in [1.54, 1.807) is 18.2 Å². The minimum Gasteiger partial charge on any atom is -0.486 e. The minimum atomic E-state index is -0.0999. The van der Waals surface area contributed by atoms with Crippen LogP contribution in [0.4, 0.5) is 0 Å². The summed E-state index contributed by atoms with van der Waals surface area (Å²) >= 11 is 1.49. The molecule has 176 valence electrons. The Bertz CT molecular complexity index is 1190. The lowest BCUT2D eigenvalue weighted by Crippen LogP contribution is -2.40. The Labute approximate surface area is 203 Å². The molecule has 0 bridgehead atoms. The smallest absolute Gasteiger partial charge is 0.273 e. The summed E-state index contributed by atoms with van der Waals surface area (Å²) < 4.78 is 11.2. The van der Waals surface area contributed by atoms with Crippen LogP contribution >= 0.6 is 11.3 Å². The average Bonchev–Trinajstić information content (AvgIpc) is 3.38. The SMILES string of the molecule is CC(C)c1ccc(-c2nc(C(=O)N3CCC(C(=O)c4ccc5c(c4)OCCO5)CC3)cs2)cc1. The number of fused-ring (bicyclic) bond motifs is 1. The van der Waals surface area contributed by atoms with E-state index < -0.39 is 0 Å². The van der Waals surface area contributed by atoms with E-state index in [-0.39, 0.29) is 17.6 Å². The van der Waals surface area contributed by atoms with E-state index in [1.807, 2.05) is 10.3 Å². The van der Waals surface area contributed by atoms with Crippen LogP contribution in [0.5, 0.6) is 11.5 Å². The molecule has 0 aliphatic carbocycles. The second-order valence-corrected chi connectivity index (χ2v) is 9.96. The molecule has 0 N–H and O–H groups in total. The molecule has 3 heterocycles. The van der Waals surface area contributed by atoms with Crippen molar-refractivity contribution in [2.45, 2.75) is 32.6 Å². The number of piperidine rings is 1. The molecule has 1 aromatic heterocycles. The number of ketones is 1. The van der Waals surface area contributed by atoms with E-state index in [2.05, 4.69) is 43.1 Å². The maximum absolute atomic E-state index is 13.0. The molecule has 1 amide bonds. The number of thiazole rings is 1. The largest absolute Gasteiger partial charge is 0.486 e. The van der Waals surface area contributed by atoms with E-state index in [9.17, 15) is 9.59 Å². The zero-order valence-electron chi connectivity index (χ0n) is 19.5. The van der Waals surface area contributed by atoms with Gasteiger partial charge in [0.05, 0.1) is 0 Å². The first kappa shape index (κ1) is 22.6. The number of hydrogen-bond donors (Lipinski definition) is 0. The van der Waals surface area contributed by atoms with Crippen molar-refractivity contribution in [3.8, 4) is 22.1 Å². The van der Waals surface area contributed by atoms with Crippen LogP contribution in [0.25, 0.3) is 10.6 Å². The lowest BCUT2D eigenvalue weighted by molar-refractivity contribution is 0.0646. The van der Waals surface area contributed by atoms with Crippen LogP contribution in [0.1, 0.15) is 59.0 Å². The van der Waals surface area contributed by atoms with Gasteiger partial charge in [0, 0.05) is 35.5 Å². The summed E-state index contributed by atoms with van der Waals surface area (Å²) in [7, 11) is 0. The molecule has 1 fully saturated rings. The van der Waals surface area contributed by atoms with Gasteiger partial charge in [0.25, 0.3) is 5.91 Å². The van der Waals surface area contributed by atoms with E-state index >= 15 is 0 Å². The maximum Gasteiger partial charge on any atom is 0.273 e. The van der Waals surface area contributed by atoms with Crippen molar-refractivity contribution >= 4 is 23.0 Å². The summed E-state index contributed by atoms with van der Waals surface area (Å²) in [5, 5.41) is 2.68. The van der Waals surface area contributed by atoms with Gasteiger partial charge >= 0.3 is 0 Å². The van der Waals surface area contributed by atoms with Crippen molar-refractivity contribution in [1.29, 1.82) is 0 Å². The molecule has 2 aliphatic rings. The second-order valence-electron chi connectivity index (χ2n) is 9.10. The predicted molar refractivity (Wildman–Crippen MR) is 132 cm³/mol. The molecule has 0 saturated carbocycles. The number of hydrogen-bond acceptors (Lipinski definition) is 6. The van der Waals surface area contributed by atoms with Crippen molar-refractivity contribution < 1.29 is 19.1 Å². The highest BCUT2D eigenvalue weighted by Gasteiger charge is 2.30. The number of ether oxygens (including phenoxy) is 2. The fourth-order valence-corrected chi connectivity index (χ4v) is 5.25. The van der Waals surface area contributed by atoms with Crippen molar-refractivity contribution in [2.75, 3.05) is 26.3 Å². The Morgan fingerprint density at radius 3 is 2.41 bits per heavy atom. The van der Waals surface area contributed by atoms with Gasteiger partial charge in [-0.05, 0) is 42.5 Å². The molecule has 2 aliphatic heterocycles. The second kappa shape index (κ2) is 9.58. The molecule has 0 radical (unpaired) electrons. The molecule has 3 aromatic rings. The van der Waals surface area contributed by atoms with Crippen LogP contribution in [0.15, 0.2) is 47.8 Å². The summed E-state index contributed by atoms with van der Waals surface area (Å²) in [4.78, 5) is 32.5. The zero-order chi connectivity index (χ0) is 23.7. The number of amides is 1. The molecule has 0 unspecified atom stereocenters. The van der Waals surface area contributed by atoms with Gasteiger partial charge in [-0.2, -0.15) is 0 Å². The third kappa shape index (κ3) is 4.57. The summed E-state index contributed by atoms with van der Waals surface area (Å²) in [6, 6.07) is 13.8. The Kier molecular flexibility index (Phi) is 6.37. The molecule has 5 rings (SSSR count). The quantitative estimate of drug-likeness (QED) is 0.459. The third-order valence-corrected chi connectivity index (χ3v) is 7.42. The highest BCUT2D eigenvalue weighted by atomic mass is 32.1. The van der Waals surface area contributed by atoms with Crippen LogP contribution in [-0.4, -0.2) is 47.9 Å². The summed E-state index contributed by atoms with van der Waals surface area (Å²) in [6.07, 6.45) is 1.29. The number of carbonyl (C=O) groups excluding carboxylic acids is 2. The fraction of sp³-hybridized carbons (Fsp3) is 0.370. The number of likely N-dealkylation sites (tertiary alicyclic amines) is 1. The number of carbonyl (C=O) groups is 2. The van der Waals surface area contributed by atoms with Gasteiger partial charge in [-0.1, -0.05) is 38.1 Å². The van der Waals surface area contributed by atoms with Gasteiger partial charge < -0.3 is 14.4 Å². The first-order chi connectivity index (χ1) is 16.5. The van der Waals surface area contributed by atoms with E-state index in [1.165, 1.54) is 16.9 Å². The first-order valence-electron chi connectivity index (χ1n) is 11.8. The summed E-state index contributed by atoms with van der Waals surface area (Å²) in [5.41, 5.74) is 3.42. The third-order valence-electron chi connectivity index (χ3n) is 6.53. The number of aromatic nitrogens is 1. The molecule has 34 heavy (non-hydrogen) atoms. The Balaban J connectivity index is 1.20. The highest BCUT2D eigenvalue weighted by molar-refractivity contribution is 7.13. The van der Waals surface area contributed by atoms with Crippen LogP contribution in [0.2, 0.25) is 0 Å². The van der Waals surface area contributed by atoms with Crippen molar-refractivity contribution in [1.82, 2.24) is 9.88 Å². The van der Waals surface area contributed by atoms with Gasteiger partial charge in [0.15, 0.2) is 17.3 Å². The van der Waals surface area contributed by atoms with E-state index in [4.69, 9.17) is 9.47 Å². The Morgan fingerprint density at radius 2 is 1.71 bits per heavy atom. The van der Waals surface area contributed by atoms with Crippen molar-refractivity contribution in [3.63, 3.8) is 0 Å². The van der Waals surface area contributed by atoms with Gasteiger partial charge in [-0.15, -0.1) is 11.3 Å². The molecule has 0 atom stereocenters. The standard InChI is InChI=1S/C27H28N2O4S/c1-17(2)18-3-5-20(6-4-18)26-28-22(16-34-26)27(31)29-11-9-19(10-12-29)25(30)21-7-8-23-24(15-21)33-14-13-32-23/h3-8,15-17,19H,9-14H2,1-2H3. The fourth-order valence-electron chi connectivity index (χ4n) is 4.45. The zero-order valence-corrected chi connectivity index (χ0v) is 20.3. The minimum absolute atomic E-state index is 0.0634. The molecule has 6 nitrogen and oxygen atoms in total. The monoisotopic (exact) mass is 476 g/mol. The first-order valence-corrected chi connectivity index (χ1v) is 12.7. The van der Waals surface area contributed by atoms with Crippen LogP contribution < -0.4 is 9.47 Å². The van der Waals surface area contributed by atoms with Gasteiger partial charge in [-0.25, -0.2) is 4.98 Å². The number of Topliss-reactive ketones (excluding diaryl/α,β-unsaturated/α-hetero) is 1. The topological polar surface area (TPSA) is 68.7 Å². The predicted octanol–water partition coefficient (Wildman–Crippen LogP) is 5.44. The van der Waals surface area contributed by atoms with Crippen LogP contribution in [0.3, 0.4) is 0 Å². The van der Waals surface area contributed by atoms with Gasteiger partial charge in [0.2, 0.25) is 0 Å². The number of nitrogens with zero attached hydrogens (tertiary/aromatic N) is 2. The van der Waals surface area contributed by atoms with Gasteiger partial charge in [-0.3, -0.25) is 9.59 Å². The van der Waals surface area contributed by atoms with Crippen molar-refractivity contribution in [3.05, 3.63) is 64.7 Å². The molecule has 0 spiro atoms. The maximum atomic E-state index is 13.0. The highest BCUT2D eigenvalue weighted by Crippen LogP contribution is 2.33. The number of benzene rings is 2. The van der Waals surface area contributed by atoms with E-state index in [0.29, 0.717) is 67.8 Å². The number of rotatable bonds is 5. The van der Waals surface area contributed by atoms with Crippen LogP contribution in [-0.2, 0) is 0 Å². The van der Waals surface area contributed by atoms with Gasteiger partial charge in [0.1, 0.15) is 23.9 Å². The normalized spacial score (nSPS) is 16.0. The Hall–Kier alpha value is -3.19.